The summed E-state index contributed by atoms with van der Waals surface area (Å²) < 4.78 is 18.4. The minimum Gasteiger partial charge on any atom is -0.379 e. The number of hydrogen-bond donors (Lipinski definition) is 1. The quantitative estimate of drug-likeness (QED) is 0.895. The molecule has 4 nitrogen and oxygen atoms in total. The lowest BCUT2D eigenvalue weighted by molar-refractivity contribution is -0.137. The number of nitrogens with one attached hydrogen (secondary N) is 1. The van der Waals surface area contributed by atoms with Crippen LogP contribution in [0.5, 0.6) is 0 Å². The number of rotatable bonds is 5. The van der Waals surface area contributed by atoms with Gasteiger partial charge in [0.2, 0.25) is 5.91 Å². The van der Waals surface area contributed by atoms with Crippen LogP contribution in [0.1, 0.15) is 18.4 Å². The van der Waals surface area contributed by atoms with Crippen molar-refractivity contribution in [2.75, 3.05) is 20.3 Å². The summed E-state index contributed by atoms with van der Waals surface area (Å²) >= 11 is 0. The van der Waals surface area contributed by atoms with Crippen molar-refractivity contribution in [1.82, 2.24) is 10.2 Å². The van der Waals surface area contributed by atoms with Gasteiger partial charge in [0, 0.05) is 18.6 Å². The number of amides is 1. The first-order valence-electron chi connectivity index (χ1n) is 7.49. The molecule has 0 bridgehead atoms. The molecular formula is C16H21FN2O2. The molecule has 1 N–H and O–H groups in total. The highest BCUT2D eigenvalue weighted by molar-refractivity contribution is 5.80. The normalized spacial score (nSPS) is 25.0. The molecule has 1 saturated heterocycles. The molecule has 1 aromatic carbocycles. The first-order valence-corrected chi connectivity index (χ1v) is 7.49. The molecule has 1 amide bonds. The van der Waals surface area contributed by atoms with Gasteiger partial charge in [-0.2, -0.15) is 0 Å². The zero-order valence-electron chi connectivity index (χ0n) is 12.2. The maximum absolute atomic E-state index is 13.0. The Balaban J connectivity index is 1.72. The topological polar surface area (TPSA) is 41.6 Å². The van der Waals surface area contributed by atoms with Gasteiger partial charge in [0.1, 0.15) is 5.82 Å². The summed E-state index contributed by atoms with van der Waals surface area (Å²) in [4.78, 5) is 14.7. The Bertz CT molecular complexity index is 502. The molecule has 0 radical (unpaired) electrons. The minimum absolute atomic E-state index is 0.0898. The van der Waals surface area contributed by atoms with Gasteiger partial charge in [0.15, 0.2) is 0 Å². The van der Waals surface area contributed by atoms with E-state index in [9.17, 15) is 9.18 Å². The molecule has 1 heterocycles. The summed E-state index contributed by atoms with van der Waals surface area (Å²) in [7, 11) is 1.86. The molecule has 0 spiro atoms. The molecule has 2 unspecified atom stereocenters. The largest absolute Gasteiger partial charge is 0.379 e. The van der Waals surface area contributed by atoms with Crippen molar-refractivity contribution in [2.45, 2.75) is 31.5 Å². The molecule has 114 valence electrons. The van der Waals surface area contributed by atoms with Crippen molar-refractivity contribution in [3.8, 4) is 0 Å². The van der Waals surface area contributed by atoms with E-state index in [-0.39, 0.29) is 23.7 Å². The van der Waals surface area contributed by atoms with Crippen LogP contribution in [-0.2, 0) is 16.1 Å². The van der Waals surface area contributed by atoms with Crippen LogP contribution in [0, 0.1) is 11.7 Å². The van der Waals surface area contributed by atoms with E-state index in [0.717, 1.165) is 18.4 Å². The van der Waals surface area contributed by atoms with Crippen molar-refractivity contribution >= 4 is 5.91 Å². The lowest BCUT2D eigenvalue weighted by Crippen LogP contribution is -2.45. The van der Waals surface area contributed by atoms with E-state index in [1.54, 1.807) is 12.1 Å². The Morgan fingerprint density at radius 2 is 2.05 bits per heavy atom. The molecule has 2 aliphatic rings. The Morgan fingerprint density at radius 3 is 2.67 bits per heavy atom. The van der Waals surface area contributed by atoms with Crippen LogP contribution in [0.15, 0.2) is 24.3 Å². The molecule has 3 rings (SSSR count). The Kier molecular flexibility index (Phi) is 4.22. The number of nitrogens with zero attached hydrogens (tertiary/aromatic N) is 1. The average Bonchev–Trinajstić information content (AvgIpc) is 3.22. The van der Waals surface area contributed by atoms with Crippen molar-refractivity contribution in [2.24, 2.45) is 5.92 Å². The van der Waals surface area contributed by atoms with E-state index in [0.29, 0.717) is 25.8 Å². The SMILES string of the molecule is CNC1COCC1C(=O)N(Cc1ccc(F)cc1)C1CC1. The summed E-state index contributed by atoms with van der Waals surface area (Å²) in [5.41, 5.74) is 0.969. The standard InChI is InChI=1S/C16H21FN2O2/c1-18-15-10-21-9-14(15)16(20)19(13-6-7-13)8-11-2-4-12(17)5-3-11/h2-5,13-15,18H,6-10H2,1H3. The van der Waals surface area contributed by atoms with E-state index >= 15 is 0 Å². The van der Waals surface area contributed by atoms with Gasteiger partial charge >= 0.3 is 0 Å². The fourth-order valence-corrected chi connectivity index (χ4v) is 2.85. The Morgan fingerprint density at radius 1 is 1.33 bits per heavy atom. The van der Waals surface area contributed by atoms with Crippen LogP contribution in [0.25, 0.3) is 0 Å². The number of benzene rings is 1. The molecular weight excluding hydrogens is 271 g/mol. The summed E-state index contributed by atoms with van der Waals surface area (Å²) in [5.74, 6) is -0.211. The average molecular weight is 292 g/mol. The van der Waals surface area contributed by atoms with Crippen LogP contribution in [-0.4, -0.2) is 43.2 Å². The number of halogens is 1. The minimum atomic E-state index is -0.248. The zero-order chi connectivity index (χ0) is 14.8. The van der Waals surface area contributed by atoms with Gasteiger partial charge in [0.05, 0.1) is 19.1 Å². The van der Waals surface area contributed by atoms with Gasteiger partial charge in [-0.05, 0) is 37.6 Å². The first kappa shape index (κ1) is 14.5. The maximum atomic E-state index is 13.0. The van der Waals surface area contributed by atoms with Crippen LogP contribution >= 0.6 is 0 Å². The van der Waals surface area contributed by atoms with Gasteiger partial charge < -0.3 is 15.0 Å². The number of carbonyl (C=O) groups is 1. The fraction of sp³-hybridized carbons (Fsp3) is 0.562. The van der Waals surface area contributed by atoms with Crippen molar-refractivity contribution in [1.29, 1.82) is 0 Å². The summed E-state index contributed by atoms with van der Waals surface area (Å²) in [6, 6.07) is 6.81. The van der Waals surface area contributed by atoms with E-state index in [2.05, 4.69) is 5.32 Å². The van der Waals surface area contributed by atoms with Gasteiger partial charge in [-0.25, -0.2) is 4.39 Å². The predicted octanol–water partition coefficient (Wildman–Crippen LogP) is 1.55. The molecule has 0 aromatic heterocycles. The molecule has 5 heteroatoms. The number of carbonyl (C=O) groups excluding carboxylic acids is 1. The monoisotopic (exact) mass is 292 g/mol. The third-order valence-corrected chi connectivity index (χ3v) is 4.31. The van der Waals surface area contributed by atoms with E-state index in [1.165, 1.54) is 12.1 Å². The summed E-state index contributed by atoms with van der Waals surface area (Å²) in [6.45, 7) is 1.62. The Labute approximate surface area is 124 Å². The van der Waals surface area contributed by atoms with Crippen molar-refractivity contribution < 1.29 is 13.9 Å². The highest BCUT2D eigenvalue weighted by Crippen LogP contribution is 2.31. The number of hydrogen-bond acceptors (Lipinski definition) is 3. The number of ether oxygens (including phenoxy) is 1. The third kappa shape index (κ3) is 3.24. The second-order valence-corrected chi connectivity index (χ2v) is 5.86. The first-order chi connectivity index (χ1) is 10.2. The van der Waals surface area contributed by atoms with Crippen LogP contribution in [0.4, 0.5) is 4.39 Å². The van der Waals surface area contributed by atoms with Gasteiger partial charge in [-0.1, -0.05) is 12.1 Å². The second-order valence-electron chi connectivity index (χ2n) is 5.86. The molecule has 2 atom stereocenters. The summed E-state index contributed by atoms with van der Waals surface area (Å²) in [6.07, 6.45) is 2.12. The molecule has 1 aliphatic carbocycles. The van der Waals surface area contributed by atoms with Crippen molar-refractivity contribution in [3.05, 3.63) is 35.6 Å². The third-order valence-electron chi connectivity index (χ3n) is 4.31. The van der Waals surface area contributed by atoms with E-state index in [4.69, 9.17) is 4.74 Å². The maximum Gasteiger partial charge on any atom is 0.230 e. The predicted molar refractivity (Wildman–Crippen MR) is 77.1 cm³/mol. The lowest BCUT2D eigenvalue weighted by atomic mass is 10.0. The molecule has 1 aliphatic heterocycles. The van der Waals surface area contributed by atoms with Crippen molar-refractivity contribution in [3.63, 3.8) is 0 Å². The fourth-order valence-electron chi connectivity index (χ4n) is 2.85. The van der Waals surface area contributed by atoms with Crippen LogP contribution < -0.4 is 5.32 Å². The second kappa shape index (κ2) is 6.12. The molecule has 2 fully saturated rings. The molecule has 1 saturated carbocycles. The molecule has 21 heavy (non-hydrogen) atoms. The van der Waals surface area contributed by atoms with Gasteiger partial charge in [-0.3, -0.25) is 4.79 Å². The van der Waals surface area contributed by atoms with E-state index in [1.807, 2.05) is 11.9 Å². The van der Waals surface area contributed by atoms with Crippen LogP contribution in [0.3, 0.4) is 0 Å². The van der Waals surface area contributed by atoms with Crippen LogP contribution in [0.2, 0.25) is 0 Å². The van der Waals surface area contributed by atoms with E-state index < -0.39 is 0 Å². The van der Waals surface area contributed by atoms with Gasteiger partial charge in [-0.15, -0.1) is 0 Å². The smallest absolute Gasteiger partial charge is 0.230 e. The summed E-state index contributed by atoms with van der Waals surface area (Å²) in [5, 5.41) is 3.16. The lowest BCUT2D eigenvalue weighted by Gasteiger charge is -2.27. The molecule has 1 aromatic rings. The Hall–Kier alpha value is -1.46. The highest BCUT2D eigenvalue weighted by Gasteiger charge is 2.40. The highest BCUT2D eigenvalue weighted by atomic mass is 19.1. The number of likely N-dealkylation sites (N-methyl/N-ethyl adjacent to an activating group) is 1. The zero-order valence-corrected chi connectivity index (χ0v) is 12.2. The van der Waals surface area contributed by atoms with Gasteiger partial charge in [0.25, 0.3) is 0 Å².